The Hall–Kier alpha value is -0.120. The van der Waals surface area contributed by atoms with E-state index in [0.717, 1.165) is 25.3 Å². The van der Waals surface area contributed by atoms with Crippen LogP contribution in [0.25, 0.3) is 0 Å². The molecule has 3 heteroatoms. The molecule has 0 radical (unpaired) electrons. The average molecular weight is 268 g/mol. The molecule has 0 bridgehead atoms. The van der Waals surface area contributed by atoms with Gasteiger partial charge in [-0.25, -0.2) is 0 Å². The molecule has 0 aromatic carbocycles. The van der Waals surface area contributed by atoms with Crippen LogP contribution in [-0.4, -0.2) is 48.3 Å². The van der Waals surface area contributed by atoms with Gasteiger partial charge in [-0.3, -0.25) is 0 Å². The maximum atomic E-state index is 10.1. The van der Waals surface area contributed by atoms with Gasteiger partial charge >= 0.3 is 0 Å². The maximum absolute atomic E-state index is 10.1. The summed E-state index contributed by atoms with van der Waals surface area (Å²) in [5.74, 6) is 1.48. The fourth-order valence-electron chi connectivity index (χ4n) is 3.27. The normalized spacial score (nSPS) is 24.0. The molecule has 3 nitrogen and oxygen atoms in total. The molecule has 1 aliphatic heterocycles. The van der Waals surface area contributed by atoms with E-state index in [-0.39, 0.29) is 6.10 Å². The van der Waals surface area contributed by atoms with E-state index < -0.39 is 0 Å². The standard InChI is InChI=1S/C16H32N2O/c1-3-14(4-2)16(19)11-17-15-7-9-18(10-8-15)12-13-5-6-13/h13-17,19H,3-12H2,1-2H3. The molecule has 2 aliphatic rings. The molecule has 1 atom stereocenters. The van der Waals surface area contributed by atoms with E-state index in [1.807, 2.05) is 0 Å². The van der Waals surface area contributed by atoms with Crippen LogP contribution in [-0.2, 0) is 0 Å². The molecular formula is C16H32N2O. The van der Waals surface area contributed by atoms with Crippen LogP contribution in [0.2, 0.25) is 0 Å². The molecule has 0 spiro atoms. The fraction of sp³-hybridized carbons (Fsp3) is 1.00. The molecule has 1 saturated carbocycles. The second-order valence-electron chi connectivity index (χ2n) is 6.57. The first-order chi connectivity index (χ1) is 9.22. The third-order valence-corrected chi connectivity index (χ3v) is 5.01. The van der Waals surface area contributed by atoms with E-state index in [0.29, 0.717) is 12.0 Å². The summed E-state index contributed by atoms with van der Waals surface area (Å²) < 4.78 is 0. The zero-order valence-corrected chi connectivity index (χ0v) is 12.8. The Kier molecular flexibility index (Phi) is 6.11. The molecule has 0 aromatic rings. The van der Waals surface area contributed by atoms with Crippen molar-refractivity contribution in [1.29, 1.82) is 0 Å². The minimum absolute atomic E-state index is 0.167. The lowest BCUT2D eigenvalue weighted by Crippen LogP contribution is -2.46. The molecule has 2 N–H and O–H groups in total. The van der Waals surface area contributed by atoms with Crippen LogP contribution in [0.4, 0.5) is 0 Å². The van der Waals surface area contributed by atoms with Gasteiger partial charge in [-0.2, -0.15) is 0 Å². The zero-order chi connectivity index (χ0) is 13.7. The minimum atomic E-state index is -0.167. The maximum Gasteiger partial charge on any atom is 0.0692 e. The number of nitrogens with zero attached hydrogens (tertiary/aromatic N) is 1. The molecule has 2 rings (SSSR count). The Bertz CT molecular complexity index is 243. The van der Waals surface area contributed by atoms with Crippen molar-refractivity contribution in [2.45, 2.75) is 64.5 Å². The van der Waals surface area contributed by atoms with Crippen molar-refractivity contribution in [3.8, 4) is 0 Å². The highest BCUT2D eigenvalue weighted by molar-refractivity contribution is 4.83. The average Bonchev–Trinajstić information content (AvgIpc) is 3.23. The summed E-state index contributed by atoms with van der Waals surface area (Å²) in [7, 11) is 0. The van der Waals surface area contributed by atoms with E-state index in [1.165, 1.54) is 45.3 Å². The Balaban J connectivity index is 1.59. The van der Waals surface area contributed by atoms with Crippen LogP contribution in [0.5, 0.6) is 0 Å². The van der Waals surface area contributed by atoms with Crippen molar-refractivity contribution in [3.63, 3.8) is 0 Å². The first-order valence-electron chi connectivity index (χ1n) is 8.36. The van der Waals surface area contributed by atoms with E-state index in [1.54, 1.807) is 0 Å². The van der Waals surface area contributed by atoms with Crippen molar-refractivity contribution < 1.29 is 5.11 Å². The van der Waals surface area contributed by atoms with Crippen LogP contribution < -0.4 is 5.32 Å². The van der Waals surface area contributed by atoms with E-state index in [4.69, 9.17) is 0 Å². The van der Waals surface area contributed by atoms with Crippen LogP contribution in [0.15, 0.2) is 0 Å². The number of hydrogen-bond acceptors (Lipinski definition) is 3. The van der Waals surface area contributed by atoms with Crippen molar-refractivity contribution in [1.82, 2.24) is 10.2 Å². The molecule has 112 valence electrons. The Morgan fingerprint density at radius 3 is 2.26 bits per heavy atom. The van der Waals surface area contributed by atoms with Gasteiger partial charge < -0.3 is 15.3 Å². The largest absolute Gasteiger partial charge is 0.392 e. The van der Waals surface area contributed by atoms with Crippen LogP contribution in [0.1, 0.15) is 52.4 Å². The number of likely N-dealkylation sites (tertiary alicyclic amines) is 1. The fourth-order valence-corrected chi connectivity index (χ4v) is 3.27. The first-order valence-corrected chi connectivity index (χ1v) is 8.36. The van der Waals surface area contributed by atoms with Gasteiger partial charge in [0, 0.05) is 19.1 Å². The van der Waals surface area contributed by atoms with Crippen molar-refractivity contribution >= 4 is 0 Å². The minimum Gasteiger partial charge on any atom is -0.392 e. The second kappa shape index (κ2) is 7.61. The van der Waals surface area contributed by atoms with Gasteiger partial charge in [0.25, 0.3) is 0 Å². The topological polar surface area (TPSA) is 35.5 Å². The summed E-state index contributed by atoms with van der Waals surface area (Å²) in [6.07, 6.45) is 7.42. The van der Waals surface area contributed by atoms with Gasteiger partial charge in [-0.1, -0.05) is 26.7 Å². The van der Waals surface area contributed by atoms with E-state index >= 15 is 0 Å². The molecular weight excluding hydrogens is 236 g/mol. The van der Waals surface area contributed by atoms with Gasteiger partial charge in [0.2, 0.25) is 0 Å². The van der Waals surface area contributed by atoms with E-state index in [9.17, 15) is 5.11 Å². The highest BCUT2D eigenvalue weighted by Crippen LogP contribution is 2.30. The molecule has 0 aromatic heterocycles. The quantitative estimate of drug-likeness (QED) is 0.709. The summed E-state index contributed by atoms with van der Waals surface area (Å²) >= 11 is 0. The van der Waals surface area contributed by atoms with Crippen molar-refractivity contribution in [2.24, 2.45) is 11.8 Å². The predicted molar refractivity (Wildman–Crippen MR) is 80.3 cm³/mol. The summed E-state index contributed by atoms with van der Waals surface area (Å²) in [6.45, 7) is 8.95. The molecule has 19 heavy (non-hydrogen) atoms. The highest BCUT2D eigenvalue weighted by atomic mass is 16.3. The predicted octanol–water partition coefficient (Wildman–Crippen LogP) is 2.25. The van der Waals surface area contributed by atoms with Crippen molar-refractivity contribution in [3.05, 3.63) is 0 Å². The van der Waals surface area contributed by atoms with Crippen molar-refractivity contribution in [2.75, 3.05) is 26.2 Å². The van der Waals surface area contributed by atoms with Gasteiger partial charge in [-0.15, -0.1) is 0 Å². The Labute approximate surface area is 118 Å². The lowest BCUT2D eigenvalue weighted by molar-refractivity contribution is 0.0926. The first kappa shape index (κ1) is 15.3. The third-order valence-electron chi connectivity index (χ3n) is 5.01. The molecule has 1 saturated heterocycles. The Morgan fingerprint density at radius 1 is 1.11 bits per heavy atom. The molecule has 2 fully saturated rings. The van der Waals surface area contributed by atoms with Gasteiger partial charge in [0.1, 0.15) is 0 Å². The number of nitrogens with one attached hydrogen (secondary N) is 1. The van der Waals surface area contributed by atoms with Gasteiger partial charge in [-0.05, 0) is 50.6 Å². The van der Waals surface area contributed by atoms with Gasteiger partial charge in [0.05, 0.1) is 6.10 Å². The molecule has 1 aliphatic carbocycles. The lowest BCUT2D eigenvalue weighted by atomic mass is 9.96. The molecule has 1 unspecified atom stereocenters. The van der Waals surface area contributed by atoms with Crippen LogP contribution in [0, 0.1) is 11.8 Å². The van der Waals surface area contributed by atoms with Crippen LogP contribution in [0.3, 0.4) is 0 Å². The molecule has 0 amide bonds. The van der Waals surface area contributed by atoms with Crippen LogP contribution >= 0.6 is 0 Å². The highest BCUT2D eigenvalue weighted by Gasteiger charge is 2.27. The number of aliphatic hydroxyl groups is 1. The van der Waals surface area contributed by atoms with Gasteiger partial charge in [0.15, 0.2) is 0 Å². The summed E-state index contributed by atoms with van der Waals surface area (Å²) in [5, 5.41) is 13.7. The number of aliphatic hydroxyl groups excluding tert-OH is 1. The summed E-state index contributed by atoms with van der Waals surface area (Å²) in [6, 6.07) is 0.625. The van der Waals surface area contributed by atoms with E-state index in [2.05, 4.69) is 24.1 Å². The smallest absolute Gasteiger partial charge is 0.0692 e. The number of piperidine rings is 1. The Morgan fingerprint density at radius 2 is 1.74 bits per heavy atom. The zero-order valence-electron chi connectivity index (χ0n) is 12.8. The monoisotopic (exact) mass is 268 g/mol. The summed E-state index contributed by atoms with van der Waals surface area (Å²) in [4.78, 5) is 2.63. The number of rotatable bonds is 8. The SMILES string of the molecule is CCC(CC)C(O)CNC1CCN(CC2CC2)CC1. The lowest BCUT2D eigenvalue weighted by Gasteiger charge is -2.33. The third kappa shape index (κ3) is 5.05. The number of hydrogen-bond donors (Lipinski definition) is 2. The second-order valence-corrected chi connectivity index (χ2v) is 6.57. The summed E-state index contributed by atoms with van der Waals surface area (Å²) in [5.41, 5.74) is 0. The molecule has 1 heterocycles.